The second kappa shape index (κ2) is 6.07. The number of hydrogen-bond donors (Lipinski definition) is 1. The Morgan fingerprint density at radius 1 is 1.19 bits per heavy atom. The molecule has 0 aliphatic rings. The summed E-state index contributed by atoms with van der Waals surface area (Å²) in [5.41, 5.74) is 1.72. The van der Waals surface area contributed by atoms with Crippen LogP contribution in [-0.4, -0.2) is 33.9 Å². The van der Waals surface area contributed by atoms with E-state index in [4.69, 9.17) is 21.1 Å². The molecular formula is C14H13ClN4O2. The summed E-state index contributed by atoms with van der Waals surface area (Å²) < 4.78 is 10.8. The van der Waals surface area contributed by atoms with E-state index < -0.39 is 0 Å². The molecule has 0 bridgehead atoms. The van der Waals surface area contributed by atoms with Gasteiger partial charge in [-0.3, -0.25) is 5.10 Å². The summed E-state index contributed by atoms with van der Waals surface area (Å²) >= 11 is 5.87. The van der Waals surface area contributed by atoms with Gasteiger partial charge in [-0.2, -0.15) is 15.1 Å². The van der Waals surface area contributed by atoms with E-state index in [-0.39, 0.29) is 5.28 Å². The number of aromatic amines is 1. The topological polar surface area (TPSA) is 72.9 Å². The molecule has 0 saturated carbocycles. The first kappa shape index (κ1) is 13.8. The number of methoxy groups -OCH3 is 1. The minimum absolute atomic E-state index is 0.110. The molecule has 0 saturated heterocycles. The van der Waals surface area contributed by atoms with Crippen molar-refractivity contribution in [1.82, 2.24) is 20.2 Å². The minimum Gasteiger partial charge on any atom is -0.438 e. The third-order valence-corrected chi connectivity index (χ3v) is 3.15. The lowest BCUT2D eigenvalue weighted by molar-refractivity contribution is 0.202. The summed E-state index contributed by atoms with van der Waals surface area (Å²) in [5, 5.41) is 7.44. The largest absolute Gasteiger partial charge is 0.438 e. The maximum absolute atomic E-state index is 5.87. The monoisotopic (exact) mass is 304 g/mol. The standard InChI is InChI=1S/C14H13ClN4O2/c1-20-7-6-9-2-4-10(5-3-9)21-13-11-8-16-19-12(11)17-14(15)18-13/h2-5,8H,6-7H2,1H3,(H,16,17,18,19). The van der Waals surface area contributed by atoms with Crippen LogP contribution in [0.1, 0.15) is 5.56 Å². The molecule has 0 aliphatic heterocycles. The molecule has 21 heavy (non-hydrogen) atoms. The van der Waals surface area contributed by atoms with Crippen LogP contribution >= 0.6 is 11.6 Å². The number of ether oxygens (including phenoxy) is 2. The van der Waals surface area contributed by atoms with E-state index >= 15 is 0 Å². The van der Waals surface area contributed by atoms with Crippen LogP contribution in [0, 0.1) is 0 Å². The highest BCUT2D eigenvalue weighted by molar-refractivity contribution is 6.28. The highest BCUT2D eigenvalue weighted by atomic mass is 35.5. The maximum Gasteiger partial charge on any atom is 0.234 e. The van der Waals surface area contributed by atoms with Gasteiger partial charge in [0.25, 0.3) is 0 Å². The number of H-pyrrole nitrogens is 1. The predicted octanol–water partition coefficient (Wildman–Crippen LogP) is 2.99. The molecule has 0 unspecified atom stereocenters. The fourth-order valence-electron chi connectivity index (χ4n) is 1.92. The number of aromatic nitrogens is 4. The second-order valence-electron chi connectivity index (χ2n) is 4.42. The van der Waals surface area contributed by atoms with E-state index in [9.17, 15) is 0 Å². The van der Waals surface area contributed by atoms with E-state index in [2.05, 4.69) is 20.2 Å². The Morgan fingerprint density at radius 3 is 2.76 bits per heavy atom. The lowest BCUT2D eigenvalue weighted by atomic mass is 10.1. The highest BCUT2D eigenvalue weighted by Gasteiger charge is 2.10. The number of hydrogen-bond acceptors (Lipinski definition) is 5. The average molecular weight is 305 g/mol. The lowest BCUT2D eigenvalue weighted by Gasteiger charge is -2.07. The molecule has 0 atom stereocenters. The molecule has 0 fully saturated rings. The molecule has 6 nitrogen and oxygen atoms in total. The van der Waals surface area contributed by atoms with Crippen LogP contribution in [0.3, 0.4) is 0 Å². The van der Waals surface area contributed by atoms with Crippen molar-refractivity contribution in [2.24, 2.45) is 0 Å². The molecule has 7 heteroatoms. The summed E-state index contributed by atoms with van der Waals surface area (Å²) in [5.74, 6) is 1.05. The van der Waals surface area contributed by atoms with Gasteiger partial charge in [0.1, 0.15) is 11.1 Å². The van der Waals surface area contributed by atoms with Crippen molar-refractivity contribution in [1.29, 1.82) is 0 Å². The number of rotatable bonds is 5. The zero-order valence-corrected chi connectivity index (χ0v) is 12.1. The molecule has 2 aromatic heterocycles. The van der Waals surface area contributed by atoms with Gasteiger partial charge in [0.15, 0.2) is 5.65 Å². The summed E-state index contributed by atoms with van der Waals surface area (Å²) in [6, 6.07) is 7.74. The Morgan fingerprint density at radius 2 is 2.00 bits per heavy atom. The van der Waals surface area contributed by atoms with Crippen molar-refractivity contribution in [2.45, 2.75) is 6.42 Å². The van der Waals surface area contributed by atoms with E-state index in [0.29, 0.717) is 29.3 Å². The Kier molecular flexibility index (Phi) is 3.98. The first-order chi connectivity index (χ1) is 10.3. The Bertz CT molecular complexity index is 742. The summed E-state index contributed by atoms with van der Waals surface area (Å²) in [6.07, 6.45) is 2.47. The van der Waals surface area contributed by atoms with Crippen molar-refractivity contribution in [3.8, 4) is 11.6 Å². The Hall–Kier alpha value is -2.18. The zero-order valence-electron chi connectivity index (χ0n) is 11.3. The van der Waals surface area contributed by atoms with Crippen molar-refractivity contribution in [3.63, 3.8) is 0 Å². The van der Waals surface area contributed by atoms with Gasteiger partial charge in [0.2, 0.25) is 11.2 Å². The maximum atomic E-state index is 5.87. The van der Waals surface area contributed by atoms with E-state index in [1.165, 1.54) is 5.56 Å². The van der Waals surface area contributed by atoms with Crippen LogP contribution in [0.2, 0.25) is 5.28 Å². The molecule has 3 rings (SSSR count). The summed E-state index contributed by atoms with van der Waals surface area (Å²) in [4.78, 5) is 8.12. The lowest BCUT2D eigenvalue weighted by Crippen LogP contribution is -1.95. The van der Waals surface area contributed by atoms with Crippen LogP contribution in [0.25, 0.3) is 11.0 Å². The van der Waals surface area contributed by atoms with Gasteiger partial charge in [-0.1, -0.05) is 12.1 Å². The molecule has 0 radical (unpaired) electrons. The smallest absolute Gasteiger partial charge is 0.234 e. The molecule has 0 aliphatic carbocycles. The third kappa shape index (κ3) is 3.12. The fraction of sp³-hybridized carbons (Fsp3) is 0.214. The molecule has 0 spiro atoms. The molecule has 2 heterocycles. The molecule has 1 aromatic carbocycles. The zero-order chi connectivity index (χ0) is 14.7. The summed E-state index contributed by atoms with van der Waals surface area (Å²) in [6.45, 7) is 0.692. The van der Waals surface area contributed by atoms with Gasteiger partial charge in [0, 0.05) is 7.11 Å². The van der Waals surface area contributed by atoms with E-state index in [1.54, 1.807) is 13.3 Å². The van der Waals surface area contributed by atoms with E-state index in [1.807, 2.05) is 24.3 Å². The third-order valence-electron chi connectivity index (χ3n) is 2.98. The van der Waals surface area contributed by atoms with E-state index in [0.717, 1.165) is 6.42 Å². The number of halogens is 1. The van der Waals surface area contributed by atoms with Gasteiger partial charge < -0.3 is 9.47 Å². The van der Waals surface area contributed by atoms with Crippen LogP contribution < -0.4 is 4.74 Å². The first-order valence-electron chi connectivity index (χ1n) is 6.38. The second-order valence-corrected chi connectivity index (χ2v) is 4.76. The van der Waals surface area contributed by atoms with Crippen LogP contribution in [0.5, 0.6) is 11.6 Å². The van der Waals surface area contributed by atoms with Crippen molar-refractivity contribution in [3.05, 3.63) is 41.3 Å². The molecule has 3 aromatic rings. The Labute approximate surface area is 126 Å². The van der Waals surface area contributed by atoms with Crippen molar-refractivity contribution in [2.75, 3.05) is 13.7 Å². The Balaban J connectivity index is 1.83. The quantitative estimate of drug-likeness (QED) is 0.734. The van der Waals surface area contributed by atoms with Crippen LogP contribution in [0.15, 0.2) is 30.5 Å². The molecule has 1 N–H and O–H groups in total. The SMILES string of the molecule is COCCc1ccc(Oc2nc(Cl)nc3[nH]ncc23)cc1. The molecular weight excluding hydrogens is 292 g/mol. The van der Waals surface area contributed by atoms with Gasteiger partial charge in [-0.15, -0.1) is 0 Å². The van der Waals surface area contributed by atoms with Gasteiger partial charge >= 0.3 is 0 Å². The highest BCUT2D eigenvalue weighted by Crippen LogP contribution is 2.27. The number of fused-ring (bicyclic) bond motifs is 1. The number of benzene rings is 1. The molecule has 0 amide bonds. The van der Waals surface area contributed by atoms with Crippen molar-refractivity contribution < 1.29 is 9.47 Å². The summed E-state index contributed by atoms with van der Waals surface area (Å²) in [7, 11) is 1.69. The predicted molar refractivity (Wildman–Crippen MR) is 78.8 cm³/mol. The van der Waals surface area contributed by atoms with Gasteiger partial charge in [-0.25, -0.2) is 0 Å². The number of nitrogens with one attached hydrogen (secondary N) is 1. The normalized spacial score (nSPS) is 11.0. The van der Waals surface area contributed by atoms with Gasteiger partial charge in [-0.05, 0) is 35.7 Å². The number of nitrogens with zero attached hydrogens (tertiary/aromatic N) is 3. The van der Waals surface area contributed by atoms with Crippen LogP contribution in [-0.2, 0) is 11.2 Å². The van der Waals surface area contributed by atoms with Crippen molar-refractivity contribution >= 4 is 22.6 Å². The average Bonchev–Trinajstić information content (AvgIpc) is 2.95. The first-order valence-corrected chi connectivity index (χ1v) is 6.76. The fourth-order valence-corrected chi connectivity index (χ4v) is 2.08. The minimum atomic E-state index is 0.110. The molecule has 108 valence electrons. The van der Waals surface area contributed by atoms with Crippen LogP contribution in [0.4, 0.5) is 0 Å². The van der Waals surface area contributed by atoms with Gasteiger partial charge in [0.05, 0.1) is 12.8 Å².